The van der Waals surface area contributed by atoms with Crippen LogP contribution in [-0.2, 0) is 0 Å². The first kappa shape index (κ1) is 16.9. The van der Waals surface area contributed by atoms with Gasteiger partial charge in [0, 0.05) is 0 Å². The summed E-state index contributed by atoms with van der Waals surface area (Å²) < 4.78 is 30.6. The summed E-state index contributed by atoms with van der Waals surface area (Å²) in [5.41, 5.74) is 0. The Bertz CT molecular complexity index is 115. The van der Waals surface area contributed by atoms with Crippen molar-refractivity contribution in [2.24, 2.45) is 0 Å². The summed E-state index contributed by atoms with van der Waals surface area (Å²) in [6.45, 7) is 0. The average Bonchev–Trinajstić information content (AvgIpc) is 1.84. The van der Waals surface area contributed by atoms with E-state index in [1.807, 2.05) is 0 Å². The number of hydrogen-bond acceptors (Lipinski definition) is 0. The molecule has 0 bridgehead atoms. The van der Waals surface area contributed by atoms with Gasteiger partial charge in [0.1, 0.15) is 4.84 Å². The van der Waals surface area contributed by atoms with Gasteiger partial charge in [-0.15, -0.1) is 34.8 Å². The van der Waals surface area contributed by atoms with Crippen LogP contribution in [0.3, 0.4) is 0 Å². The summed E-state index contributed by atoms with van der Waals surface area (Å²) in [6.07, 6.45) is 0. The van der Waals surface area contributed by atoms with E-state index in [1.54, 1.807) is 0 Å². The van der Waals surface area contributed by atoms with Gasteiger partial charge < -0.3 is 0 Å². The Morgan fingerprint density at radius 1 is 1.00 bits per heavy atom. The van der Waals surface area contributed by atoms with Crippen molar-refractivity contribution in [2.75, 3.05) is 5.88 Å². The minimum atomic E-state index is -4.23. The maximum atomic E-state index is 11.5. The van der Waals surface area contributed by atoms with Gasteiger partial charge in [-0.25, -0.2) is 0 Å². The van der Waals surface area contributed by atoms with Gasteiger partial charge in [-0.1, -0.05) is 23.2 Å². The van der Waals surface area contributed by atoms with Gasteiger partial charge in [0.05, 0.1) is 5.88 Å². The molecule has 0 aromatic carbocycles. The van der Waals surface area contributed by atoms with E-state index in [0.717, 1.165) is 0 Å². The summed E-state index contributed by atoms with van der Waals surface area (Å²) in [4.78, 5) is -0.406. The number of hydrogen-bond donors (Lipinski definition) is 0. The van der Waals surface area contributed by atoms with Crippen LogP contribution in [0.5, 0.6) is 0 Å². The van der Waals surface area contributed by atoms with Crippen molar-refractivity contribution in [3.8, 4) is 0 Å². The Morgan fingerprint density at radius 2 is 1.15 bits per heavy atom. The predicted octanol–water partition coefficient (Wildman–Crippen LogP) is 4.95. The standard InChI is InChI=1S/C2Cl3F3.C2H3Cl3/c3-1(4,6)2(5,7)8;3-1-2(4)5/h;2H,1H2. The molecule has 13 heavy (non-hydrogen) atoms. The lowest BCUT2D eigenvalue weighted by Crippen LogP contribution is -2.27. The third-order valence-corrected chi connectivity index (χ3v) is 2.30. The minimum Gasteiger partial charge on any atom is -0.199 e. The molecular formula is C4H3Cl6F3. The highest BCUT2D eigenvalue weighted by Gasteiger charge is 2.51. The molecule has 82 valence electrons. The minimum absolute atomic E-state index is 0.309. The van der Waals surface area contributed by atoms with Crippen LogP contribution in [0.25, 0.3) is 0 Å². The lowest BCUT2D eigenvalue weighted by atomic mass is 10.8. The van der Waals surface area contributed by atoms with Gasteiger partial charge in [-0.05, 0) is 11.6 Å². The lowest BCUT2D eigenvalue weighted by molar-refractivity contribution is 0.0241. The third-order valence-electron chi connectivity index (χ3n) is 0.438. The maximum Gasteiger partial charge on any atom is 0.383 e. The zero-order valence-corrected chi connectivity index (χ0v) is 10.2. The van der Waals surface area contributed by atoms with Crippen LogP contribution < -0.4 is 0 Å². The van der Waals surface area contributed by atoms with Gasteiger partial charge in [-0.2, -0.15) is 13.2 Å². The van der Waals surface area contributed by atoms with Crippen LogP contribution >= 0.6 is 69.6 Å². The van der Waals surface area contributed by atoms with Crippen molar-refractivity contribution in [1.82, 2.24) is 0 Å². The molecule has 0 nitrogen and oxygen atoms in total. The summed E-state index contributed by atoms with van der Waals surface area (Å²) in [5.74, 6) is 0.309. The fourth-order valence-electron chi connectivity index (χ4n) is 0. The zero-order chi connectivity index (χ0) is 11.3. The molecule has 0 rings (SSSR count). The molecule has 0 amide bonds. The zero-order valence-electron chi connectivity index (χ0n) is 5.69. The summed E-state index contributed by atoms with van der Waals surface area (Å²) in [7, 11) is 0. The van der Waals surface area contributed by atoms with E-state index in [9.17, 15) is 13.2 Å². The molecule has 0 aliphatic carbocycles. The van der Waals surface area contributed by atoms with Gasteiger partial charge in [-0.3, -0.25) is 0 Å². The highest BCUT2D eigenvalue weighted by molar-refractivity contribution is 6.51. The summed E-state index contributed by atoms with van der Waals surface area (Å²) in [5, 5.41) is -4.23. The second kappa shape index (κ2) is 6.91. The van der Waals surface area contributed by atoms with E-state index >= 15 is 0 Å². The van der Waals surface area contributed by atoms with E-state index in [0.29, 0.717) is 5.88 Å². The predicted molar refractivity (Wildman–Crippen MR) is 52.6 cm³/mol. The Morgan fingerprint density at radius 3 is 1.15 bits per heavy atom. The highest BCUT2D eigenvalue weighted by atomic mass is 35.5. The van der Waals surface area contributed by atoms with Crippen LogP contribution in [0.15, 0.2) is 0 Å². The van der Waals surface area contributed by atoms with Crippen molar-refractivity contribution >= 4 is 69.6 Å². The molecule has 0 atom stereocenters. The lowest BCUT2D eigenvalue weighted by Gasteiger charge is -2.13. The van der Waals surface area contributed by atoms with Gasteiger partial charge in [0.25, 0.3) is 0 Å². The molecule has 0 radical (unpaired) electrons. The molecular weight excluding hydrogens is 318 g/mol. The Kier molecular flexibility index (Phi) is 9.01. The van der Waals surface area contributed by atoms with E-state index < -0.39 is 14.8 Å². The monoisotopic (exact) mass is 318 g/mol. The first-order valence-electron chi connectivity index (χ1n) is 2.50. The molecule has 0 aliphatic rings. The van der Waals surface area contributed by atoms with E-state index in [-0.39, 0.29) is 0 Å². The normalized spacial score (nSPS) is 12.5. The van der Waals surface area contributed by atoms with Crippen molar-refractivity contribution in [3.05, 3.63) is 0 Å². The quantitative estimate of drug-likeness (QED) is 0.632. The first-order chi connectivity index (χ1) is 5.52. The first-order valence-corrected chi connectivity index (χ1v) is 5.04. The SMILES string of the molecule is ClCC(Cl)Cl.FC(F)(Cl)C(F)(Cl)Cl. The smallest absolute Gasteiger partial charge is 0.199 e. The second-order valence-corrected chi connectivity index (χ2v) is 4.84. The number of halogens is 9. The van der Waals surface area contributed by atoms with Crippen LogP contribution in [0.4, 0.5) is 13.2 Å². The van der Waals surface area contributed by atoms with Crippen LogP contribution in [0.1, 0.15) is 0 Å². The molecule has 0 aromatic rings. The van der Waals surface area contributed by atoms with Gasteiger partial charge in [0.2, 0.25) is 0 Å². The fourth-order valence-corrected chi connectivity index (χ4v) is 0. The maximum absolute atomic E-state index is 11.5. The van der Waals surface area contributed by atoms with Gasteiger partial charge in [0.15, 0.2) is 0 Å². The summed E-state index contributed by atoms with van der Waals surface area (Å²) >= 11 is 27.8. The Labute approximate surface area is 103 Å². The molecule has 0 spiro atoms. The third kappa shape index (κ3) is 11.5. The fraction of sp³-hybridized carbons (Fsp3) is 1.00. The van der Waals surface area contributed by atoms with Crippen molar-refractivity contribution in [2.45, 2.75) is 14.8 Å². The van der Waals surface area contributed by atoms with E-state index in [4.69, 9.17) is 34.8 Å². The molecule has 0 unspecified atom stereocenters. The average molecular weight is 321 g/mol. The second-order valence-electron chi connectivity index (χ2n) is 1.54. The molecule has 0 fully saturated rings. The molecule has 0 saturated heterocycles. The largest absolute Gasteiger partial charge is 0.383 e. The molecule has 0 N–H and O–H groups in total. The summed E-state index contributed by atoms with van der Waals surface area (Å²) in [6, 6.07) is 0. The van der Waals surface area contributed by atoms with Crippen LogP contribution in [-0.4, -0.2) is 20.7 Å². The van der Waals surface area contributed by atoms with Crippen molar-refractivity contribution in [1.29, 1.82) is 0 Å². The molecule has 9 heteroatoms. The van der Waals surface area contributed by atoms with Gasteiger partial charge >= 0.3 is 9.97 Å². The topological polar surface area (TPSA) is 0 Å². The van der Waals surface area contributed by atoms with Crippen LogP contribution in [0, 0.1) is 0 Å². The van der Waals surface area contributed by atoms with E-state index in [2.05, 4.69) is 34.8 Å². The van der Waals surface area contributed by atoms with Crippen molar-refractivity contribution in [3.63, 3.8) is 0 Å². The number of alkyl halides is 9. The van der Waals surface area contributed by atoms with E-state index in [1.165, 1.54) is 0 Å². The van der Waals surface area contributed by atoms with Crippen LogP contribution in [0.2, 0.25) is 0 Å². The molecule has 0 aliphatic heterocycles. The Balaban J connectivity index is 0. The molecule has 0 aromatic heterocycles. The highest BCUT2D eigenvalue weighted by Crippen LogP contribution is 2.42. The Hall–Kier alpha value is 1.53. The van der Waals surface area contributed by atoms with Crippen molar-refractivity contribution < 1.29 is 13.2 Å². The number of rotatable bonds is 2. The molecule has 0 saturated carbocycles. The molecule has 0 heterocycles.